The molecule has 1 aromatic heterocycles. The highest BCUT2D eigenvalue weighted by atomic mass is 16.5. The average Bonchev–Trinajstić information content (AvgIpc) is 2.67. The number of aliphatic hydroxyl groups excluding tert-OH is 1. The number of hydrogen-bond donors (Lipinski definition) is 1. The molecule has 2 saturated heterocycles. The lowest BCUT2D eigenvalue weighted by Crippen LogP contribution is -2.61. The van der Waals surface area contributed by atoms with Gasteiger partial charge in [0.25, 0.3) is 0 Å². The molecule has 4 rings (SSSR count). The first-order valence-corrected chi connectivity index (χ1v) is 9.58. The molecule has 0 amide bonds. The fourth-order valence-electron chi connectivity index (χ4n) is 4.88. The van der Waals surface area contributed by atoms with Crippen LogP contribution in [0.4, 0.5) is 5.82 Å². The molecule has 26 heavy (non-hydrogen) atoms. The second-order valence-electron chi connectivity index (χ2n) is 8.00. The lowest BCUT2D eigenvalue weighted by atomic mass is 9.69. The Kier molecular flexibility index (Phi) is 4.53. The fraction of sp³-hybridized carbons (Fsp3) is 0.571. The Morgan fingerprint density at radius 3 is 2.88 bits per heavy atom. The molecule has 2 aromatic rings. The van der Waals surface area contributed by atoms with Crippen molar-refractivity contribution in [3.05, 3.63) is 29.8 Å². The van der Waals surface area contributed by atoms with Gasteiger partial charge >= 0.3 is 0 Å². The minimum Gasteiger partial charge on any atom is -0.497 e. The van der Waals surface area contributed by atoms with Crippen LogP contribution in [-0.2, 0) is 0 Å². The van der Waals surface area contributed by atoms with E-state index >= 15 is 0 Å². The van der Waals surface area contributed by atoms with E-state index in [0.717, 1.165) is 49.6 Å². The molecule has 2 fully saturated rings. The van der Waals surface area contributed by atoms with Crippen LogP contribution < -0.4 is 9.64 Å². The Hall–Kier alpha value is -1.85. The number of nitrogens with zero attached hydrogens (tertiary/aromatic N) is 3. The molecule has 1 N–H and O–H groups in total. The Morgan fingerprint density at radius 1 is 1.27 bits per heavy atom. The number of rotatable bonds is 3. The molecule has 140 valence electrons. The fourth-order valence-corrected chi connectivity index (χ4v) is 4.88. The zero-order valence-electron chi connectivity index (χ0n) is 16.0. The van der Waals surface area contributed by atoms with Crippen LogP contribution in [0, 0.1) is 12.3 Å². The van der Waals surface area contributed by atoms with Gasteiger partial charge in [0.2, 0.25) is 0 Å². The van der Waals surface area contributed by atoms with Gasteiger partial charge in [-0.05, 0) is 63.5 Å². The van der Waals surface area contributed by atoms with Gasteiger partial charge in [-0.3, -0.25) is 0 Å². The Labute approximate surface area is 155 Å². The molecule has 5 nitrogen and oxygen atoms in total. The van der Waals surface area contributed by atoms with Crippen molar-refractivity contribution in [3.8, 4) is 5.75 Å². The molecular formula is C21H29N3O2. The van der Waals surface area contributed by atoms with E-state index in [0.29, 0.717) is 6.04 Å². The Morgan fingerprint density at radius 2 is 2.12 bits per heavy atom. The van der Waals surface area contributed by atoms with E-state index in [1.807, 2.05) is 12.1 Å². The molecule has 3 heterocycles. The summed E-state index contributed by atoms with van der Waals surface area (Å²) in [7, 11) is 3.89. The van der Waals surface area contributed by atoms with Gasteiger partial charge < -0.3 is 19.6 Å². The van der Waals surface area contributed by atoms with Crippen LogP contribution >= 0.6 is 0 Å². The standard InChI is InChI=1S/C21H29N3O2/c1-15-11-20(22-18-12-16(26-3)5-6-17(15)18)24-10-8-21(14-25)7-4-9-23(2)19(21)13-24/h5-6,11-12,19,25H,4,7-10,13-14H2,1-3H3/t19-,21-/m1/s1. The summed E-state index contributed by atoms with van der Waals surface area (Å²) in [5, 5.41) is 11.3. The van der Waals surface area contributed by atoms with Crippen molar-refractivity contribution >= 4 is 16.7 Å². The highest BCUT2D eigenvalue weighted by molar-refractivity contribution is 5.85. The second kappa shape index (κ2) is 6.71. The number of piperidine rings is 2. The molecule has 0 radical (unpaired) electrons. The molecular weight excluding hydrogens is 326 g/mol. The number of fused-ring (bicyclic) bond motifs is 2. The van der Waals surface area contributed by atoms with Crippen molar-refractivity contribution in [2.24, 2.45) is 5.41 Å². The van der Waals surface area contributed by atoms with Crippen molar-refractivity contribution in [2.45, 2.75) is 32.2 Å². The number of aliphatic hydroxyl groups is 1. The van der Waals surface area contributed by atoms with Crippen molar-refractivity contribution in [1.29, 1.82) is 0 Å². The first-order chi connectivity index (χ1) is 12.6. The maximum absolute atomic E-state index is 10.1. The zero-order chi connectivity index (χ0) is 18.3. The summed E-state index contributed by atoms with van der Waals surface area (Å²) in [4.78, 5) is 9.77. The van der Waals surface area contributed by atoms with E-state index in [1.54, 1.807) is 7.11 Å². The van der Waals surface area contributed by atoms with Gasteiger partial charge in [-0.2, -0.15) is 0 Å². The normalized spacial score (nSPS) is 26.8. The number of pyridine rings is 1. The SMILES string of the molecule is COc1ccc2c(C)cc(N3CC[C@@]4(CO)CCCN(C)[C@@H]4C3)nc2c1. The third-order valence-corrected chi connectivity index (χ3v) is 6.55. The monoisotopic (exact) mass is 355 g/mol. The summed E-state index contributed by atoms with van der Waals surface area (Å²) in [6.45, 7) is 5.43. The topological polar surface area (TPSA) is 48.8 Å². The summed E-state index contributed by atoms with van der Waals surface area (Å²) >= 11 is 0. The number of benzene rings is 1. The number of ether oxygens (including phenoxy) is 1. The van der Waals surface area contributed by atoms with Crippen LogP contribution in [-0.4, -0.2) is 61.4 Å². The third-order valence-electron chi connectivity index (χ3n) is 6.55. The molecule has 0 unspecified atom stereocenters. The lowest BCUT2D eigenvalue weighted by Gasteiger charge is -2.53. The predicted octanol–water partition coefficient (Wildman–Crippen LogP) is 2.83. The lowest BCUT2D eigenvalue weighted by molar-refractivity contribution is -0.0277. The van der Waals surface area contributed by atoms with Crippen LogP contribution in [0.25, 0.3) is 10.9 Å². The number of anilines is 1. The van der Waals surface area contributed by atoms with Gasteiger partial charge in [0, 0.05) is 36.0 Å². The van der Waals surface area contributed by atoms with Crippen LogP contribution in [0.5, 0.6) is 5.75 Å². The van der Waals surface area contributed by atoms with E-state index in [1.165, 1.54) is 17.4 Å². The van der Waals surface area contributed by atoms with Crippen LogP contribution in [0.15, 0.2) is 24.3 Å². The predicted molar refractivity (Wildman–Crippen MR) is 105 cm³/mol. The summed E-state index contributed by atoms with van der Waals surface area (Å²) in [5.41, 5.74) is 2.28. The molecule has 0 spiro atoms. The summed E-state index contributed by atoms with van der Waals surface area (Å²) in [6.07, 6.45) is 3.34. The van der Waals surface area contributed by atoms with Crippen molar-refractivity contribution in [3.63, 3.8) is 0 Å². The maximum atomic E-state index is 10.1. The number of likely N-dealkylation sites (tertiary alicyclic amines) is 1. The first-order valence-electron chi connectivity index (χ1n) is 9.58. The highest BCUT2D eigenvalue weighted by Gasteiger charge is 2.46. The van der Waals surface area contributed by atoms with E-state index in [9.17, 15) is 5.11 Å². The average molecular weight is 355 g/mol. The molecule has 2 atom stereocenters. The van der Waals surface area contributed by atoms with E-state index in [4.69, 9.17) is 9.72 Å². The largest absolute Gasteiger partial charge is 0.497 e. The van der Waals surface area contributed by atoms with E-state index < -0.39 is 0 Å². The minimum atomic E-state index is 0.0542. The van der Waals surface area contributed by atoms with Crippen LogP contribution in [0.2, 0.25) is 0 Å². The van der Waals surface area contributed by atoms with Crippen molar-refractivity contribution in [1.82, 2.24) is 9.88 Å². The summed E-state index contributed by atoms with van der Waals surface area (Å²) in [6, 6.07) is 8.68. The quantitative estimate of drug-likeness (QED) is 0.917. The van der Waals surface area contributed by atoms with Gasteiger partial charge in [0.1, 0.15) is 11.6 Å². The van der Waals surface area contributed by atoms with Crippen LogP contribution in [0.3, 0.4) is 0 Å². The second-order valence-corrected chi connectivity index (χ2v) is 8.00. The van der Waals surface area contributed by atoms with E-state index in [-0.39, 0.29) is 12.0 Å². The molecule has 0 bridgehead atoms. The van der Waals surface area contributed by atoms with Crippen molar-refractivity contribution < 1.29 is 9.84 Å². The smallest absolute Gasteiger partial charge is 0.129 e. The maximum Gasteiger partial charge on any atom is 0.129 e. The number of aryl methyl sites for hydroxylation is 1. The number of aromatic nitrogens is 1. The van der Waals surface area contributed by atoms with Crippen molar-refractivity contribution in [2.75, 3.05) is 45.3 Å². The molecule has 0 saturated carbocycles. The highest BCUT2D eigenvalue weighted by Crippen LogP contribution is 2.42. The third kappa shape index (κ3) is 2.83. The summed E-state index contributed by atoms with van der Waals surface area (Å²) < 4.78 is 5.37. The van der Waals surface area contributed by atoms with Gasteiger partial charge in [-0.1, -0.05) is 0 Å². The van der Waals surface area contributed by atoms with E-state index in [2.05, 4.69) is 35.9 Å². The number of hydrogen-bond acceptors (Lipinski definition) is 5. The zero-order valence-corrected chi connectivity index (χ0v) is 16.0. The number of methoxy groups -OCH3 is 1. The van der Waals surface area contributed by atoms with Gasteiger partial charge in [-0.15, -0.1) is 0 Å². The number of likely N-dealkylation sites (N-methyl/N-ethyl adjacent to an activating group) is 1. The molecule has 0 aliphatic carbocycles. The Bertz CT molecular complexity index is 809. The molecule has 2 aliphatic heterocycles. The molecule has 1 aromatic carbocycles. The first kappa shape index (κ1) is 17.6. The van der Waals surface area contributed by atoms with Gasteiger partial charge in [0.15, 0.2) is 0 Å². The molecule has 2 aliphatic rings. The van der Waals surface area contributed by atoms with Gasteiger partial charge in [-0.25, -0.2) is 4.98 Å². The Balaban J connectivity index is 1.67. The molecule has 5 heteroatoms. The minimum absolute atomic E-state index is 0.0542. The van der Waals surface area contributed by atoms with Crippen LogP contribution in [0.1, 0.15) is 24.8 Å². The van der Waals surface area contributed by atoms with Gasteiger partial charge in [0.05, 0.1) is 19.2 Å². The summed E-state index contributed by atoms with van der Waals surface area (Å²) in [5.74, 6) is 1.88.